The second-order valence-corrected chi connectivity index (χ2v) is 8.59. The van der Waals surface area contributed by atoms with Gasteiger partial charge in [-0.05, 0) is 32.5 Å². The summed E-state index contributed by atoms with van der Waals surface area (Å²) in [7, 11) is -3.44. The third-order valence-corrected chi connectivity index (χ3v) is 6.95. The number of Topliss-reactive ketones (excluding diaryl/α,β-unsaturated/α-hetero) is 2. The van der Waals surface area contributed by atoms with Crippen molar-refractivity contribution in [2.45, 2.75) is 20.4 Å². The number of hydrogen-bond donors (Lipinski definition) is 0. The molecular formula is C19H20F2O4Si. The lowest BCUT2D eigenvalue weighted by atomic mass is 10.0. The summed E-state index contributed by atoms with van der Waals surface area (Å²) in [6, 6.07) is 9.86. The van der Waals surface area contributed by atoms with Crippen LogP contribution < -0.4 is 5.19 Å². The van der Waals surface area contributed by atoms with Gasteiger partial charge in [0.25, 0.3) is 0 Å². The van der Waals surface area contributed by atoms with Crippen molar-refractivity contribution < 1.29 is 27.2 Å². The lowest BCUT2D eigenvalue weighted by Crippen LogP contribution is -2.55. The number of benzene rings is 2. The molecule has 0 unspecified atom stereocenters. The first kappa shape index (κ1) is 20.1. The first-order valence-electron chi connectivity index (χ1n) is 8.26. The van der Waals surface area contributed by atoms with E-state index in [9.17, 15) is 18.4 Å². The van der Waals surface area contributed by atoms with E-state index in [1.54, 1.807) is 32.0 Å². The maximum Gasteiger partial charge on any atom is 0.373 e. The Morgan fingerprint density at radius 3 is 2.04 bits per heavy atom. The van der Waals surface area contributed by atoms with Gasteiger partial charge in [0.1, 0.15) is 0 Å². The summed E-state index contributed by atoms with van der Waals surface area (Å²) in [5, 5.41) is -0.282. The van der Waals surface area contributed by atoms with Gasteiger partial charge in [0.15, 0.2) is 11.6 Å². The van der Waals surface area contributed by atoms with Gasteiger partial charge >= 0.3 is 8.56 Å². The van der Waals surface area contributed by atoms with Crippen LogP contribution in [0.3, 0.4) is 0 Å². The number of hydrogen-bond acceptors (Lipinski definition) is 4. The van der Waals surface area contributed by atoms with Crippen molar-refractivity contribution in [2.24, 2.45) is 0 Å². The van der Waals surface area contributed by atoms with Crippen molar-refractivity contribution in [1.29, 1.82) is 0 Å². The molecule has 0 aliphatic carbocycles. The highest BCUT2D eigenvalue weighted by Gasteiger charge is 2.42. The van der Waals surface area contributed by atoms with Crippen molar-refractivity contribution in [3.63, 3.8) is 0 Å². The highest BCUT2D eigenvalue weighted by molar-refractivity contribution is 6.81. The average molecular weight is 378 g/mol. The first-order chi connectivity index (χ1) is 12.4. The van der Waals surface area contributed by atoms with Gasteiger partial charge in [-0.25, -0.2) is 8.78 Å². The zero-order chi connectivity index (χ0) is 19.3. The molecule has 26 heavy (non-hydrogen) atoms. The summed E-state index contributed by atoms with van der Waals surface area (Å²) >= 11 is 0. The lowest BCUT2D eigenvalue weighted by molar-refractivity contribution is 0.0817. The molecule has 0 aliphatic heterocycles. The van der Waals surface area contributed by atoms with E-state index < -0.39 is 31.8 Å². The van der Waals surface area contributed by atoms with Gasteiger partial charge in [-0.3, -0.25) is 9.59 Å². The number of carbonyl (C=O) groups excluding carboxylic acids is 2. The van der Waals surface area contributed by atoms with Gasteiger partial charge < -0.3 is 8.85 Å². The molecule has 0 bridgehead atoms. The van der Waals surface area contributed by atoms with Crippen LogP contribution in [0.4, 0.5) is 8.78 Å². The van der Waals surface area contributed by atoms with Gasteiger partial charge in [-0.15, -0.1) is 0 Å². The predicted octanol–water partition coefficient (Wildman–Crippen LogP) is 3.38. The minimum absolute atomic E-state index is 0.171. The molecule has 0 aliphatic rings. The Morgan fingerprint density at radius 2 is 1.50 bits per heavy atom. The van der Waals surface area contributed by atoms with Crippen molar-refractivity contribution in [3.05, 3.63) is 65.2 Å². The molecule has 0 saturated carbocycles. The smallest absolute Gasteiger partial charge is 0.373 e. The zero-order valence-electron chi connectivity index (χ0n) is 14.8. The van der Waals surface area contributed by atoms with Crippen LogP contribution in [0.1, 0.15) is 34.6 Å². The second-order valence-electron chi connectivity index (χ2n) is 5.62. The summed E-state index contributed by atoms with van der Waals surface area (Å²) in [5.74, 6) is -4.07. The van der Waals surface area contributed by atoms with Gasteiger partial charge in [0.05, 0.1) is 0 Å². The quantitative estimate of drug-likeness (QED) is 0.401. The molecule has 138 valence electrons. The standard InChI is InChI=1S/C19H20F2O4Si/c1-4-24-26(3,25-5-2)19-14(11-12-15(20)16(19)21)18(23)17(22)13-9-7-6-8-10-13/h6-12H,4-5H2,1-3H3. The van der Waals surface area contributed by atoms with E-state index in [1.165, 1.54) is 18.7 Å². The van der Waals surface area contributed by atoms with Crippen LogP contribution in [0, 0.1) is 11.6 Å². The topological polar surface area (TPSA) is 52.6 Å². The third-order valence-electron chi connectivity index (χ3n) is 3.88. The van der Waals surface area contributed by atoms with E-state index >= 15 is 0 Å². The van der Waals surface area contributed by atoms with E-state index in [-0.39, 0.29) is 29.5 Å². The molecule has 0 amide bonds. The third kappa shape index (κ3) is 3.95. The summed E-state index contributed by atoms with van der Waals surface area (Å²) < 4.78 is 39.8. The Morgan fingerprint density at radius 1 is 0.923 bits per heavy atom. The largest absolute Gasteiger partial charge is 0.391 e. The molecule has 0 heterocycles. The van der Waals surface area contributed by atoms with E-state index in [0.29, 0.717) is 0 Å². The molecule has 0 spiro atoms. The SMILES string of the molecule is CCO[Si](C)(OCC)c1c(C(=O)C(=O)c2ccccc2)ccc(F)c1F. The molecule has 4 nitrogen and oxygen atoms in total. The van der Waals surface area contributed by atoms with Gasteiger partial charge in [0.2, 0.25) is 11.6 Å². The Kier molecular flexibility index (Phi) is 6.52. The van der Waals surface area contributed by atoms with Crippen LogP contribution in [0.25, 0.3) is 0 Å². The second kappa shape index (κ2) is 8.44. The first-order valence-corrected chi connectivity index (χ1v) is 10.6. The molecule has 2 aromatic rings. The van der Waals surface area contributed by atoms with E-state index in [2.05, 4.69) is 0 Å². The van der Waals surface area contributed by atoms with E-state index in [0.717, 1.165) is 12.1 Å². The Balaban J connectivity index is 2.61. The molecule has 0 saturated heterocycles. The fraction of sp³-hybridized carbons (Fsp3) is 0.263. The number of rotatable bonds is 8. The Labute approximate surface area is 152 Å². The van der Waals surface area contributed by atoms with Crippen molar-refractivity contribution >= 4 is 25.3 Å². The van der Waals surface area contributed by atoms with Gasteiger partial charge in [0, 0.05) is 29.5 Å². The maximum atomic E-state index is 14.7. The number of halogens is 2. The van der Waals surface area contributed by atoms with Crippen LogP contribution in [0.5, 0.6) is 0 Å². The lowest BCUT2D eigenvalue weighted by Gasteiger charge is -2.28. The summed E-state index contributed by atoms with van der Waals surface area (Å²) in [6.07, 6.45) is 0. The molecule has 7 heteroatoms. The Hall–Kier alpha value is -2.22. The van der Waals surface area contributed by atoms with Crippen LogP contribution in [0.15, 0.2) is 42.5 Å². The van der Waals surface area contributed by atoms with Crippen LogP contribution >= 0.6 is 0 Å². The van der Waals surface area contributed by atoms with Crippen LogP contribution in [-0.4, -0.2) is 33.3 Å². The van der Waals surface area contributed by atoms with Crippen molar-refractivity contribution in [1.82, 2.24) is 0 Å². The van der Waals surface area contributed by atoms with Crippen LogP contribution in [-0.2, 0) is 8.85 Å². The van der Waals surface area contributed by atoms with Gasteiger partial charge in [-0.1, -0.05) is 30.3 Å². The summed E-state index contributed by atoms with van der Waals surface area (Å²) in [4.78, 5) is 25.3. The molecule has 0 radical (unpaired) electrons. The number of carbonyl (C=O) groups is 2. The summed E-state index contributed by atoms with van der Waals surface area (Å²) in [5.41, 5.74) is -0.0572. The molecule has 0 fully saturated rings. The normalized spacial score (nSPS) is 11.4. The Bertz CT molecular complexity index is 803. The average Bonchev–Trinajstić information content (AvgIpc) is 2.63. The monoisotopic (exact) mass is 378 g/mol. The minimum atomic E-state index is -3.44. The molecule has 0 atom stereocenters. The maximum absolute atomic E-state index is 14.7. The summed E-state index contributed by atoms with van der Waals surface area (Å²) in [6.45, 7) is 5.30. The highest BCUT2D eigenvalue weighted by Crippen LogP contribution is 2.18. The molecule has 0 N–H and O–H groups in total. The molecular weight excluding hydrogens is 358 g/mol. The molecule has 2 rings (SSSR count). The van der Waals surface area contributed by atoms with Gasteiger partial charge in [-0.2, -0.15) is 0 Å². The van der Waals surface area contributed by atoms with E-state index in [4.69, 9.17) is 8.85 Å². The fourth-order valence-electron chi connectivity index (χ4n) is 2.76. The predicted molar refractivity (Wildman–Crippen MR) is 96.0 cm³/mol. The highest BCUT2D eigenvalue weighted by atomic mass is 28.4. The minimum Gasteiger partial charge on any atom is -0.391 e. The van der Waals surface area contributed by atoms with Crippen LogP contribution in [0.2, 0.25) is 6.55 Å². The van der Waals surface area contributed by atoms with Crippen molar-refractivity contribution in [2.75, 3.05) is 13.2 Å². The van der Waals surface area contributed by atoms with Crippen molar-refractivity contribution in [3.8, 4) is 0 Å². The molecule has 0 aromatic heterocycles. The fourth-order valence-corrected chi connectivity index (χ4v) is 5.44. The number of ketones is 2. The molecule has 2 aromatic carbocycles. The zero-order valence-corrected chi connectivity index (χ0v) is 15.8. The van der Waals surface area contributed by atoms with E-state index in [1.807, 2.05) is 0 Å².